The molecular formula is C14H16O3. The Bertz CT molecular complexity index is 486. The van der Waals surface area contributed by atoms with Gasteiger partial charge in [-0.3, -0.25) is 4.79 Å². The SMILES string of the molecule is CCO.O=C(O)Cc1cccc2ccccc12. The second-order valence-electron chi connectivity index (χ2n) is 3.53. The number of carboxylic acid groups (broad SMARTS) is 1. The third-order valence-corrected chi connectivity index (χ3v) is 2.22. The van der Waals surface area contributed by atoms with Gasteiger partial charge in [-0.05, 0) is 23.3 Å². The summed E-state index contributed by atoms with van der Waals surface area (Å²) < 4.78 is 0. The molecule has 90 valence electrons. The molecule has 3 nitrogen and oxygen atoms in total. The zero-order valence-electron chi connectivity index (χ0n) is 9.76. The summed E-state index contributed by atoms with van der Waals surface area (Å²) in [6.07, 6.45) is 0.0847. The minimum absolute atomic E-state index is 0.0847. The molecule has 0 spiro atoms. The van der Waals surface area contributed by atoms with E-state index in [1.54, 1.807) is 6.92 Å². The highest BCUT2D eigenvalue weighted by atomic mass is 16.4. The van der Waals surface area contributed by atoms with Crippen LogP contribution >= 0.6 is 0 Å². The summed E-state index contributed by atoms with van der Waals surface area (Å²) >= 11 is 0. The van der Waals surface area contributed by atoms with E-state index in [1.807, 2.05) is 42.5 Å². The fraction of sp³-hybridized carbons (Fsp3) is 0.214. The molecule has 0 aromatic heterocycles. The highest BCUT2D eigenvalue weighted by Crippen LogP contribution is 2.18. The van der Waals surface area contributed by atoms with E-state index < -0.39 is 5.97 Å². The first-order chi connectivity index (χ1) is 8.19. The second kappa shape index (κ2) is 6.66. The Balaban J connectivity index is 0.000000437. The van der Waals surface area contributed by atoms with Crippen molar-refractivity contribution in [3.63, 3.8) is 0 Å². The topological polar surface area (TPSA) is 57.5 Å². The lowest BCUT2D eigenvalue weighted by molar-refractivity contribution is -0.136. The predicted molar refractivity (Wildman–Crippen MR) is 68.0 cm³/mol. The van der Waals surface area contributed by atoms with Crippen molar-refractivity contribution in [3.05, 3.63) is 48.0 Å². The molecule has 2 rings (SSSR count). The van der Waals surface area contributed by atoms with Crippen LogP contribution in [0.15, 0.2) is 42.5 Å². The molecule has 0 aliphatic heterocycles. The molecule has 2 N–H and O–H groups in total. The molecule has 0 saturated heterocycles. The summed E-state index contributed by atoms with van der Waals surface area (Å²) in [6.45, 7) is 1.93. The van der Waals surface area contributed by atoms with Crippen molar-refractivity contribution in [2.45, 2.75) is 13.3 Å². The molecular weight excluding hydrogens is 216 g/mol. The van der Waals surface area contributed by atoms with Crippen molar-refractivity contribution in [2.24, 2.45) is 0 Å². The first-order valence-electron chi connectivity index (χ1n) is 5.48. The summed E-state index contributed by atoms with van der Waals surface area (Å²) in [6, 6.07) is 13.5. The molecule has 0 radical (unpaired) electrons. The smallest absolute Gasteiger partial charge is 0.307 e. The monoisotopic (exact) mass is 232 g/mol. The molecule has 17 heavy (non-hydrogen) atoms. The van der Waals surface area contributed by atoms with Crippen LogP contribution in [-0.2, 0) is 11.2 Å². The summed E-state index contributed by atoms with van der Waals surface area (Å²) in [5.41, 5.74) is 0.871. The average Bonchev–Trinajstić information content (AvgIpc) is 2.30. The lowest BCUT2D eigenvalue weighted by Gasteiger charge is -2.02. The van der Waals surface area contributed by atoms with E-state index >= 15 is 0 Å². The fourth-order valence-corrected chi connectivity index (χ4v) is 1.61. The Morgan fingerprint density at radius 3 is 2.35 bits per heavy atom. The molecule has 3 heteroatoms. The van der Waals surface area contributed by atoms with E-state index in [-0.39, 0.29) is 13.0 Å². The number of carbonyl (C=O) groups is 1. The van der Waals surface area contributed by atoms with E-state index in [9.17, 15) is 4.79 Å². The van der Waals surface area contributed by atoms with Crippen LogP contribution < -0.4 is 0 Å². The largest absolute Gasteiger partial charge is 0.481 e. The highest BCUT2D eigenvalue weighted by molar-refractivity contribution is 5.88. The first-order valence-corrected chi connectivity index (χ1v) is 5.48. The van der Waals surface area contributed by atoms with Gasteiger partial charge in [0.25, 0.3) is 0 Å². The number of aliphatic hydroxyl groups is 1. The van der Waals surface area contributed by atoms with Gasteiger partial charge in [-0.25, -0.2) is 0 Å². The van der Waals surface area contributed by atoms with Crippen LogP contribution in [0.3, 0.4) is 0 Å². The average molecular weight is 232 g/mol. The standard InChI is InChI=1S/C12H10O2.C2H6O/c13-12(14)8-10-6-3-5-9-4-1-2-7-11(9)10;1-2-3/h1-7H,8H2,(H,13,14);3H,2H2,1H3. The van der Waals surface area contributed by atoms with Crippen LogP contribution in [0.4, 0.5) is 0 Å². The minimum Gasteiger partial charge on any atom is -0.481 e. The second-order valence-corrected chi connectivity index (χ2v) is 3.53. The maximum atomic E-state index is 10.6. The van der Waals surface area contributed by atoms with E-state index in [4.69, 9.17) is 10.2 Å². The van der Waals surface area contributed by atoms with Crippen molar-refractivity contribution >= 4 is 16.7 Å². The quantitative estimate of drug-likeness (QED) is 0.836. The summed E-state index contributed by atoms with van der Waals surface area (Å²) in [5, 5.41) is 18.4. The van der Waals surface area contributed by atoms with Gasteiger partial charge in [0.05, 0.1) is 6.42 Å². The molecule has 0 aliphatic rings. The van der Waals surface area contributed by atoms with Crippen LogP contribution in [0.2, 0.25) is 0 Å². The Labute approximate surface area is 100 Å². The van der Waals surface area contributed by atoms with Crippen LogP contribution in [0.1, 0.15) is 12.5 Å². The van der Waals surface area contributed by atoms with Gasteiger partial charge in [-0.2, -0.15) is 0 Å². The number of carboxylic acids is 1. The Hall–Kier alpha value is -1.87. The van der Waals surface area contributed by atoms with E-state index in [1.165, 1.54) is 0 Å². The molecule has 0 atom stereocenters. The highest BCUT2D eigenvalue weighted by Gasteiger charge is 2.03. The number of benzene rings is 2. The number of hydrogen-bond acceptors (Lipinski definition) is 2. The van der Waals surface area contributed by atoms with Crippen molar-refractivity contribution < 1.29 is 15.0 Å². The Morgan fingerprint density at radius 2 is 1.71 bits per heavy atom. The van der Waals surface area contributed by atoms with Crippen molar-refractivity contribution in [2.75, 3.05) is 6.61 Å². The lowest BCUT2D eigenvalue weighted by atomic mass is 10.0. The summed E-state index contributed by atoms with van der Waals surface area (Å²) in [4.78, 5) is 10.6. The minimum atomic E-state index is -0.790. The number of hydrogen-bond donors (Lipinski definition) is 2. The Morgan fingerprint density at radius 1 is 1.12 bits per heavy atom. The molecule has 0 amide bonds. The Kier molecular flexibility index (Phi) is 5.17. The zero-order valence-corrected chi connectivity index (χ0v) is 9.76. The van der Waals surface area contributed by atoms with Gasteiger partial charge < -0.3 is 10.2 Å². The van der Waals surface area contributed by atoms with Crippen molar-refractivity contribution in [1.82, 2.24) is 0 Å². The number of aliphatic carboxylic acids is 1. The van der Waals surface area contributed by atoms with Crippen LogP contribution in [0.5, 0.6) is 0 Å². The molecule has 0 unspecified atom stereocenters. The molecule has 0 bridgehead atoms. The van der Waals surface area contributed by atoms with E-state index in [0.717, 1.165) is 16.3 Å². The van der Waals surface area contributed by atoms with Gasteiger partial charge in [0.2, 0.25) is 0 Å². The molecule has 0 aliphatic carbocycles. The summed E-state index contributed by atoms with van der Waals surface area (Å²) in [7, 11) is 0. The zero-order chi connectivity index (χ0) is 12.7. The maximum absolute atomic E-state index is 10.6. The van der Waals surface area contributed by atoms with Crippen LogP contribution in [0.25, 0.3) is 10.8 Å². The normalized spacial score (nSPS) is 9.53. The molecule has 0 saturated carbocycles. The fourth-order valence-electron chi connectivity index (χ4n) is 1.61. The number of rotatable bonds is 2. The third-order valence-electron chi connectivity index (χ3n) is 2.22. The van der Waals surface area contributed by atoms with Gasteiger partial charge in [0.1, 0.15) is 0 Å². The molecule has 2 aromatic carbocycles. The van der Waals surface area contributed by atoms with Crippen LogP contribution in [-0.4, -0.2) is 22.8 Å². The molecule has 2 aromatic rings. The van der Waals surface area contributed by atoms with Gasteiger partial charge >= 0.3 is 5.97 Å². The predicted octanol–water partition coefficient (Wildman–Crippen LogP) is 2.47. The molecule has 0 fully saturated rings. The van der Waals surface area contributed by atoms with Crippen molar-refractivity contribution in [1.29, 1.82) is 0 Å². The lowest BCUT2D eigenvalue weighted by Crippen LogP contribution is -2.00. The molecule has 0 heterocycles. The van der Waals surface area contributed by atoms with E-state index in [0.29, 0.717) is 0 Å². The maximum Gasteiger partial charge on any atom is 0.307 e. The van der Waals surface area contributed by atoms with Gasteiger partial charge in [-0.1, -0.05) is 42.5 Å². The number of fused-ring (bicyclic) bond motifs is 1. The van der Waals surface area contributed by atoms with Gasteiger partial charge in [-0.15, -0.1) is 0 Å². The first kappa shape index (κ1) is 13.2. The van der Waals surface area contributed by atoms with E-state index in [2.05, 4.69) is 0 Å². The number of aliphatic hydroxyl groups excluding tert-OH is 1. The van der Waals surface area contributed by atoms with Gasteiger partial charge in [0, 0.05) is 6.61 Å². The summed E-state index contributed by atoms with van der Waals surface area (Å²) in [5.74, 6) is -0.790. The third kappa shape index (κ3) is 3.89. The van der Waals surface area contributed by atoms with Gasteiger partial charge in [0.15, 0.2) is 0 Å². The van der Waals surface area contributed by atoms with Crippen LogP contribution in [0, 0.1) is 0 Å². The van der Waals surface area contributed by atoms with Crippen molar-refractivity contribution in [3.8, 4) is 0 Å².